The molecule has 4 unspecified atom stereocenters. The molecule has 72 valence electrons. The van der Waals surface area contributed by atoms with Crippen molar-refractivity contribution >= 4 is 0 Å². The van der Waals surface area contributed by atoms with E-state index in [0.717, 1.165) is 29.6 Å². The Hall–Kier alpha value is 0. The van der Waals surface area contributed by atoms with Crippen molar-refractivity contribution in [1.82, 2.24) is 0 Å². The Morgan fingerprint density at radius 3 is 2.08 bits per heavy atom. The Labute approximate surface area is 77.7 Å². The molecule has 0 N–H and O–H groups in total. The summed E-state index contributed by atoms with van der Waals surface area (Å²) in [5.74, 6) is 4.90. The average Bonchev–Trinajstić information content (AvgIpc) is 2.02. The maximum Gasteiger partial charge on any atom is -0.0332 e. The minimum Gasteiger partial charge on any atom is -0.0654 e. The van der Waals surface area contributed by atoms with Gasteiger partial charge in [0.1, 0.15) is 0 Å². The Morgan fingerprint density at radius 1 is 1.08 bits per heavy atom. The van der Waals surface area contributed by atoms with Gasteiger partial charge in [0.05, 0.1) is 0 Å². The van der Waals surface area contributed by atoms with Crippen LogP contribution in [0.5, 0.6) is 0 Å². The van der Waals surface area contributed by atoms with Crippen LogP contribution in [-0.2, 0) is 0 Å². The summed E-state index contributed by atoms with van der Waals surface area (Å²) in [7, 11) is 0. The summed E-state index contributed by atoms with van der Waals surface area (Å²) >= 11 is 0. The summed E-state index contributed by atoms with van der Waals surface area (Å²) in [5.41, 5.74) is 0. The van der Waals surface area contributed by atoms with Crippen molar-refractivity contribution in [3.63, 3.8) is 0 Å². The van der Waals surface area contributed by atoms with Crippen LogP contribution in [0.1, 0.15) is 47.5 Å². The normalized spacial score (nSPS) is 41.5. The molecule has 1 aliphatic carbocycles. The molecule has 0 nitrogen and oxygen atoms in total. The van der Waals surface area contributed by atoms with Crippen LogP contribution in [0.15, 0.2) is 0 Å². The molecule has 1 aliphatic rings. The molecule has 0 aliphatic heterocycles. The molecule has 0 amide bonds. The van der Waals surface area contributed by atoms with Gasteiger partial charge in [0.2, 0.25) is 0 Å². The van der Waals surface area contributed by atoms with Crippen LogP contribution in [0, 0.1) is 29.6 Å². The highest BCUT2D eigenvalue weighted by atomic mass is 14.5. The highest BCUT2D eigenvalue weighted by Crippen LogP contribution is 2.51. The van der Waals surface area contributed by atoms with E-state index in [4.69, 9.17) is 0 Å². The van der Waals surface area contributed by atoms with Crippen LogP contribution in [0.25, 0.3) is 0 Å². The topological polar surface area (TPSA) is 0 Å². The van der Waals surface area contributed by atoms with Crippen molar-refractivity contribution in [2.24, 2.45) is 29.6 Å². The zero-order chi connectivity index (χ0) is 9.30. The molecule has 4 atom stereocenters. The van der Waals surface area contributed by atoms with Gasteiger partial charge in [0.25, 0.3) is 0 Å². The van der Waals surface area contributed by atoms with Crippen molar-refractivity contribution < 1.29 is 0 Å². The lowest BCUT2D eigenvalue weighted by atomic mass is 9.53. The Kier molecular flexibility index (Phi) is 3.20. The highest BCUT2D eigenvalue weighted by Gasteiger charge is 2.45. The average molecular weight is 168 g/mol. The van der Waals surface area contributed by atoms with Gasteiger partial charge in [-0.25, -0.2) is 0 Å². The van der Waals surface area contributed by atoms with E-state index < -0.39 is 0 Å². The highest BCUT2D eigenvalue weighted by molar-refractivity contribution is 4.93. The predicted molar refractivity (Wildman–Crippen MR) is 55.1 cm³/mol. The van der Waals surface area contributed by atoms with Crippen LogP contribution >= 0.6 is 0 Å². The van der Waals surface area contributed by atoms with Crippen molar-refractivity contribution in [2.45, 2.75) is 47.5 Å². The Bertz CT molecular complexity index is 137. The second kappa shape index (κ2) is 3.81. The van der Waals surface area contributed by atoms with Gasteiger partial charge in [-0.2, -0.15) is 0 Å². The SMILES string of the molecule is CCCC1C(C)C(C)C1C(C)C. The van der Waals surface area contributed by atoms with Gasteiger partial charge in [0, 0.05) is 0 Å². The number of hydrogen-bond donors (Lipinski definition) is 0. The lowest BCUT2D eigenvalue weighted by Crippen LogP contribution is -2.46. The molecule has 1 fully saturated rings. The second-order valence-electron chi connectivity index (χ2n) is 4.99. The molecular weight excluding hydrogens is 144 g/mol. The molecule has 12 heavy (non-hydrogen) atoms. The molecule has 0 aromatic rings. The van der Waals surface area contributed by atoms with Crippen LogP contribution in [0.2, 0.25) is 0 Å². The molecule has 0 radical (unpaired) electrons. The molecule has 0 bridgehead atoms. The summed E-state index contributed by atoms with van der Waals surface area (Å²) in [6.45, 7) is 11.9. The minimum atomic E-state index is 0.896. The molecule has 1 rings (SSSR count). The monoisotopic (exact) mass is 168 g/mol. The molecule has 0 aromatic heterocycles. The van der Waals surface area contributed by atoms with Gasteiger partial charge >= 0.3 is 0 Å². The van der Waals surface area contributed by atoms with Gasteiger partial charge in [-0.15, -0.1) is 0 Å². The Balaban J connectivity index is 2.49. The van der Waals surface area contributed by atoms with E-state index in [1.54, 1.807) is 0 Å². The molecular formula is C12H24. The van der Waals surface area contributed by atoms with Gasteiger partial charge in [-0.3, -0.25) is 0 Å². The smallest absolute Gasteiger partial charge is 0.0332 e. The first-order chi connectivity index (χ1) is 5.59. The fraction of sp³-hybridized carbons (Fsp3) is 1.00. The lowest BCUT2D eigenvalue weighted by molar-refractivity contribution is -0.0349. The van der Waals surface area contributed by atoms with Gasteiger partial charge in [-0.1, -0.05) is 47.5 Å². The van der Waals surface area contributed by atoms with E-state index in [-0.39, 0.29) is 0 Å². The van der Waals surface area contributed by atoms with Crippen molar-refractivity contribution in [2.75, 3.05) is 0 Å². The van der Waals surface area contributed by atoms with E-state index in [0.29, 0.717) is 0 Å². The first-order valence-corrected chi connectivity index (χ1v) is 5.59. The fourth-order valence-corrected chi connectivity index (χ4v) is 3.23. The zero-order valence-electron chi connectivity index (χ0n) is 9.30. The first kappa shape index (κ1) is 10.1. The van der Waals surface area contributed by atoms with E-state index in [1.165, 1.54) is 12.8 Å². The second-order valence-corrected chi connectivity index (χ2v) is 4.99. The number of hydrogen-bond acceptors (Lipinski definition) is 0. The summed E-state index contributed by atoms with van der Waals surface area (Å²) in [4.78, 5) is 0. The minimum absolute atomic E-state index is 0.896. The molecule has 0 saturated heterocycles. The van der Waals surface area contributed by atoms with Crippen molar-refractivity contribution in [1.29, 1.82) is 0 Å². The van der Waals surface area contributed by atoms with Gasteiger partial charge < -0.3 is 0 Å². The summed E-state index contributed by atoms with van der Waals surface area (Å²) < 4.78 is 0. The van der Waals surface area contributed by atoms with Crippen LogP contribution in [0.4, 0.5) is 0 Å². The van der Waals surface area contributed by atoms with Crippen LogP contribution in [-0.4, -0.2) is 0 Å². The van der Waals surface area contributed by atoms with E-state index >= 15 is 0 Å². The molecule has 0 aromatic carbocycles. The third kappa shape index (κ3) is 1.53. The molecule has 1 saturated carbocycles. The van der Waals surface area contributed by atoms with E-state index in [2.05, 4.69) is 34.6 Å². The van der Waals surface area contributed by atoms with Crippen LogP contribution in [0.3, 0.4) is 0 Å². The third-order valence-corrected chi connectivity index (χ3v) is 4.00. The molecule has 0 spiro atoms. The first-order valence-electron chi connectivity index (χ1n) is 5.59. The van der Waals surface area contributed by atoms with Gasteiger partial charge in [-0.05, 0) is 29.6 Å². The summed E-state index contributed by atoms with van der Waals surface area (Å²) in [5, 5.41) is 0. The summed E-state index contributed by atoms with van der Waals surface area (Å²) in [6.07, 6.45) is 2.82. The number of rotatable bonds is 3. The molecule has 0 heteroatoms. The lowest BCUT2D eigenvalue weighted by Gasteiger charge is -2.52. The maximum absolute atomic E-state index is 2.43. The van der Waals surface area contributed by atoms with E-state index in [1.807, 2.05) is 0 Å². The quantitative estimate of drug-likeness (QED) is 0.598. The van der Waals surface area contributed by atoms with Crippen LogP contribution < -0.4 is 0 Å². The Morgan fingerprint density at radius 2 is 1.67 bits per heavy atom. The zero-order valence-corrected chi connectivity index (χ0v) is 9.30. The molecule has 0 heterocycles. The van der Waals surface area contributed by atoms with E-state index in [9.17, 15) is 0 Å². The third-order valence-electron chi connectivity index (χ3n) is 4.00. The fourth-order valence-electron chi connectivity index (χ4n) is 3.23. The van der Waals surface area contributed by atoms with Crippen molar-refractivity contribution in [3.05, 3.63) is 0 Å². The largest absolute Gasteiger partial charge is 0.0654 e. The van der Waals surface area contributed by atoms with Gasteiger partial charge in [0.15, 0.2) is 0 Å². The predicted octanol–water partition coefficient (Wildman–Crippen LogP) is 3.96. The maximum atomic E-state index is 2.43. The summed E-state index contributed by atoms with van der Waals surface area (Å²) in [6, 6.07) is 0. The standard InChI is InChI=1S/C12H24/c1-6-7-11-9(4)10(5)12(11)8(2)3/h8-12H,6-7H2,1-5H3. The van der Waals surface area contributed by atoms with Crippen molar-refractivity contribution in [3.8, 4) is 0 Å².